The average Bonchev–Trinajstić information content (AvgIpc) is 3.06. The predicted molar refractivity (Wildman–Crippen MR) is 175 cm³/mol. The average molecular weight is 554 g/mol. The molecule has 0 bridgehead atoms. The van der Waals surface area contributed by atoms with Gasteiger partial charge in [-0.1, -0.05) is 115 Å². The third kappa shape index (κ3) is 5.79. The Balaban J connectivity index is 1.72. The van der Waals surface area contributed by atoms with Crippen LogP contribution in [0.25, 0.3) is 6.08 Å². The lowest BCUT2D eigenvalue weighted by Crippen LogP contribution is -2.41. The standard InChI is InChI=1S/C37H34N2OP/c1-6-16-31(17-7-1)30-36(38-37(32-18-8-2-9-19-32)39-26-28-40-29-27-39)41(33-20-10-3-11-21-33,34-22-12-4-13-23-34)35-24-14-5-15-25-35/h1-25,30H,26-29H2/q+1/b36-30+,38-37-. The molecule has 202 valence electrons. The number of benzene rings is 5. The zero-order chi connectivity index (χ0) is 27.7. The Morgan fingerprint density at radius 3 is 1.44 bits per heavy atom. The Morgan fingerprint density at radius 2 is 0.976 bits per heavy atom. The zero-order valence-corrected chi connectivity index (χ0v) is 24.0. The molecular formula is C37H34N2OP+. The van der Waals surface area contributed by atoms with Crippen molar-refractivity contribution in [3.05, 3.63) is 168 Å². The predicted octanol–water partition coefficient (Wildman–Crippen LogP) is 6.76. The molecule has 0 spiro atoms. The van der Waals surface area contributed by atoms with Crippen LogP contribution in [0.15, 0.2) is 162 Å². The fourth-order valence-electron chi connectivity index (χ4n) is 5.49. The smallest absolute Gasteiger partial charge is 0.200 e. The summed E-state index contributed by atoms with van der Waals surface area (Å²) in [5.41, 5.74) is 3.31. The summed E-state index contributed by atoms with van der Waals surface area (Å²) in [6.45, 7) is 3.00. The molecule has 6 rings (SSSR count). The van der Waals surface area contributed by atoms with Crippen LogP contribution in [0.4, 0.5) is 0 Å². The molecule has 0 saturated carbocycles. The minimum atomic E-state index is -2.44. The van der Waals surface area contributed by atoms with Crippen LogP contribution in [-0.4, -0.2) is 37.0 Å². The topological polar surface area (TPSA) is 24.8 Å². The van der Waals surface area contributed by atoms with Gasteiger partial charge in [0.25, 0.3) is 0 Å². The van der Waals surface area contributed by atoms with E-state index in [0.29, 0.717) is 13.2 Å². The van der Waals surface area contributed by atoms with Crippen molar-refractivity contribution in [2.75, 3.05) is 26.3 Å². The highest BCUT2D eigenvalue weighted by atomic mass is 31.2. The van der Waals surface area contributed by atoms with Crippen molar-refractivity contribution in [1.82, 2.24) is 4.90 Å². The van der Waals surface area contributed by atoms with E-state index < -0.39 is 7.26 Å². The van der Waals surface area contributed by atoms with Gasteiger partial charge < -0.3 is 9.64 Å². The fraction of sp³-hybridized carbons (Fsp3) is 0.108. The minimum Gasteiger partial charge on any atom is -0.378 e. The van der Waals surface area contributed by atoms with Crippen molar-refractivity contribution < 1.29 is 4.74 Å². The van der Waals surface area contributed by atoms with E-state index in [9.17, 15) is 0 Å². The molecule has 1 saturated heterocycles. The normalized spacial score (nSPS) is 14.6. The molecule has 1 aliphatic rings. The van der Waals surface area contributed by atoms with Crippen LogP contribution in [0.2, 0.25) is 0 Å². The maximum atomic E-state index is 5.76. The first kappa shape index (κ1) is 26.9. The molecule has 1 heterocycles. The lowest BCUT2D eigenvalue weighted by Gasteiger charge is -2.32. The van der Waals surface area contributed by atoms with E-state index in [1.807, 2.05) is 0 Å². The summed E-state index contributed by atoms with van der Waals surface area (Å²) >= 11 is 0. The molecular weight excluding hydrogens is 519 g/mol. The minimum absolute atomic E-state index is 0.694. The highest BCUT2D eigenvalue weighted by Crippen LogP contribution is 2.63. The highest BCUT2D eigenvalue weighted by Gasteiger charge is 2.50. The molecule has 3 nitrogen and oxygen atoms in total. The number of rotatable bonds is 7. The van der Waals surface area contributed by atoms with Gasteiger partial charge in [0.2, 0.25) is 5.44 Å². The molecule has 0 radical (unpaired) electrons. The summed E-state index contributed by atoms with van der Waals surface area (Å²) in [6, 6.07) is 54.1. The van der Waals surface area contributed by atoms with Crippen molar-refractivity contribution >= 4 is 35.1 Å². The van der Waals surface area contributed by atoms with Crippen molar-refractivity contribution in [3.63, 3.8) is 0 Å². The Labute approximate surface area is 243 Å². The molecule has 5 aromatic carbocycles. The maximum Gasteiger partial charge on any atom is 0.200 e. The monoisotopic (exact) mass is 553 g/mol. The third-order valence-corrected chi connectivity index (χ3v) is 11.6. The first-order valence-corrected chi connectivity index (χ1v) is 15.9. The molecule has 41 heavy (non-hydrogen) atoms. The highest BCUT2D eigenvalue weighted by molar-refractivity contribution is 7.99. The molecule has 0 amide bonds. The quantitative estimate of drug-likeness (QED) is 0.126. The number of morpholine rings is 1. The van der Waals surface area contributed by atoms with Gasteiger partial charge in [0.1, 0.15) is 21.7 Å². The summed E-state index contributed by atoms with van der Waals surface area (Å²) in [5.74, 6) is 0.989. The number of aliphatic imine (C=N–C) groups is 1. The van der Waals surface area contributed by atoms with Crippen LogP contribution in [0.1, 0.15) is 11.1 Å². The van der Waals surface area contributed by atoms with Gasteiger partial charge in [-0.3, -0.25) is 0 Å². The lowest BCUT2D eigenvalue weighted by molar-refractivity contribution is 0.0683. The van der Waals surface area contributed by atoms with E-state index >= 15 is 0 Å². The number of hydrogen-bond acceptors (Lipinski definition) is 2. The first-order valence-electron chi connectivity index (χ1n) is 14.2. The molecule has 0 aromatic heterocycles. The van der Waals surface area contributed by atoms with Crippen molar-refractivity contribution in [2.45, 2.75) is 0 Å². The van der Waals surface area contributed by atoms with Crippen LogP contribution in [0.3, 0.4) is 0 Å². The van der Waals surface area contributed by atoms with Gasteiger partial charge in [0.05, 0.1) is 13.2 Å². The summed E-state index contributed by atoms with van der Waals surface area (Å²) in [7, 11) is -2.44. The first-order chi connectivity index (χ1) is 20.4. The molecule has 1 aliphatic heterocycles. The Hall–Kier alpha value is -4.30. The van der Waals surface area contributed by atoms with Gasteiger partial charge in [-0.25, -0.2) is 0 Å². The molecule has 4 heteroatoms. The van der Waals surface area contributed by atoms with E-state index in [-0.39, 0.29) is 0 Å². The van der Waals surface area contributed by atoms with E-state index in [0.717, 1.165) is 35.5 Å². The summed E-state index contributed by atoms with van der Waals surface area (Å²) in [5, 5.41) is 3.83. The van der Waals surface area contributed by atoms with E-state index in [4.69, 9.17) is 9.73 Å². The number of hydrogen-bond donors (Lipinski definition) is 0. The van der Waals surface area contributed by atoms with Crippen LogP contribution in [0.5, 0.6) is 0 Å². The second-order valence-electron chi connectivity index (χ2n) is 9.99. The SMILES string of the molecule is C(=C(/N=C(/c1ccccc1)N1CCOCC1)[P+](c1ccccc1)(c1ccccc1)c1ccccc1)/c1ccccc1. The molecule has 0 unspecified atom stereocenters. The second-order valence-corrected chi connectivity index (χ2v) is 13.3. The lowest BCUT2D eigenvalue weighted by atomic mass is 10.2. The summed E-state index contributed by atoms with van der Waals surface area (Å²) < 4.78 is 5.76. The molecule has 0 atom stereocenters. The van der Waals surface area contributed by atoms with Gasteiger partial charge in [-0.2, -0.15) is 4.99 Å². The van der Waals surface area contributed by atoms with Gasteiger partial charge in [0.15, 0.2) is 7.26 Å². The van der Waals surface area contributed by atoms with Gasteiger partial charge in [0, 0.05) is 24.7 Å². The molecule has 1 fully saturated rings. The molecule has 5 aromatic rings. The number of amidine groups is 1. The van der Waals surface area contributed by atoms with Gasteiger partial charge >= 0.3 is 0 Å². The Kier molecular flexibility index (Phi) is 8.47. The fourth-order valence-corrected chi connectivity index (χ4v) is 9.62. The van der Waals surface area contributed by atoms with Crippen LogP contribution in [-0.2, 0) is 4.74 Å². The Morgan fingerprint density at radius 1 is 0.561 bits per heavy atom. The van der Waals surface area contributed by atoms with Crippen LogP contribution >= 0.6 is 7.26 Å². The summed E-state index contributed by atoms with van der Waals surface area (Å²) in [6.07, 6.45) is 2.31. The van der Waals surface area contributed by atoms with E-state index in [1.54, 1.807) is 0 Å². The summed E-state index contributed by atoms with van der Waals surface area (Å²) in [4.78, 5) is 8.15. The largest absolute Gasteiger partial charge is 0.378 e. The molecule has 0 aliphatic carbocycles. The van der Waals surface area contributed by atoms with Crippen molar-refractivity contribution in [1.29, 1.82) is 0 Å². The molecule has 0 N–H and O–H groups in total. The second kappa shape index (κ2) is 12.9. The third-order valence-electron chi connectivity index (χ3n) is 7.43. The number of nitrogens with zero attached hydrogens (tertiary/aromatic N) is 2. The van der Waals surface area contributed by atoms with Gasteiger partial charge in [-0.05, 0) is 42.0 Å². The van der Waals surface area contributed by atoms with Crippen LogP contribution in [0, 0.1) is 0 Å². The zero-order valence-electron chi connectivity index (χ0n) is 23.1. The number of ether oxygens (including phenoxy) is 1. The van der Waals surface area contributed by atoms with Crippen molar-refractivity contribution in [3.8, 4) is 0 Å². The van der Waals surface area contributed by atoms with Crippen molar-refractivity contribution in [2.24, 2.45) is 4.99 Å². The Bertz CT molecular complexity index is 1490. The van der Waals surface area contributed by atoms with E-state index in [1.165, 1.54) is 15.9 Å². The van der Waals surface area contributed by atoms with Crippen LogP contribution < -0.4 is 15.9 Å². The maximum absolute atomic E-state index is 5.76. The van der Waals surface area contributed by atoms with Gasteiger partial charge in [-0.15, -0.1) is 0 Å². The van der Waals surface area contributed by atoms with E-state index in [2.05, 4.69) is 163 Å².